The summed E-state index contributed by atoms with van der Waals surface area (Å²) in [5.41, 5.74) is 2.28. The third kappa shape index (κ3) is 3.45. The molecule has 2 saturated heterocycles. The Bertz CT molecular complexity index is 683. The Morgan fingerprint density at radius 2 is 2.09 bits per heavy atom. The highest BCUT2D eigenvalue weighted by molar-refractivity contribution is 5.50. The zero-order valence-corrected chi connectivity index (χ0v) is 13.2. The molecule has 0 amide bonds. The second-order valence-electron chi connectivity index (χ2n) is 6.53. The third-order valence-corrected chi connectivity index (χ3v) is 4.87. The summed E-state index contributed by atoms with van der Waals surface area (Å²) in [6, 6.07) is 13.7. The van der Waals surface area contributed by atoms with E-state index < -0.39 is 0 Å². The zero-order valence-electron chi connectivity index (χ0n) is 13.2. The molecule has 1 N–H and O–H groups in total. The monoisotopic (exact) mass is 306 g/mol. The number of benzene rings is 1. The van der Waals surface area contributed by atoms with Gasteiger partial charge >= 0.3 is 0 Å². The maximum atomic E-state index is 5.85. The second kappa shape index (κ2) is 6.55. The Hall–Kier alpha value is -2.13. The van der Waals surface area contributed by atoms with E-state index in [4.69, 9.17) is 4.74 Å². The molecular weight excluding hydrogens is 284 g/mol. The van der Waals surface area contributed by atoms with E-state index in [-0.39, 0.29) is 0 Å². The lowest BCUT2D eigenvalue weighted by atomic mass is 9.89. The van der Waals surface area contributed by atoms with Gasteiger partial charge in [-0.25, -0.2) is 0 Å². The van der Waals surface area contributed by atoms with Crippen LogP contribution in [0.4, 0.5) is 0 Å². The molecule has 0 spiro atoms. The molecule has 3 unspecified atom stereocenters. The number of hydrogen-bond donors (Lipinski definition) is 1. The minimum atomic E-state index is 0.575. The number of rotatable bonds is 5. The van der Waals surface area contributed by atoms with Gasteiger partial charge in [0.2, 0.25) is 0 Å². The number of pyridine rings is 1. The lowest BCUT2D eigenvalue weighted by molar-refractivity contribution is 0.305. The summed E-state index contributed by atoms with van der Waals surface area (Å²) >= 11 is 0. The van der Waals surface area contributed by atoms with Crippen molar-refractivity contribution in [3.63, 3.8) is 0 Å². The number of nitrogens with zero attached hydrogens (tertiary/aromatic N) is 1. The molecule has 1 aromatic carbocycles. The molecule has 2 aliphatic rings. The van der Waals surface area contributed by atoms with Crippen LogP contribution in [0.5, 0.6) is 5.75 Å². The van der Waals surface area contributed by atoms with E-state index in [9.17, 15) is 0 Å². The summed E-state index contributed by atoms with van der Waals surface area (Å²) in [5, 5.41) is 3.67. The molecule has 0 aliphatic carbocycles. The number of ether oxygens (including phenoxy) is 1. The number of nitrogens with one attached hydrogen (secondary N) is 1. The van der Waals surface area contributed by atoms with Crippen molar-refractivity contribution in [1.29, 1.82) is 0 Å². The molecule has 3 nitrogen and oxygen atoms in total. The summed E-state index contributed by atoms with van der Waals surface area (Å²) < 4.78 is 5.85. The molecule has 2 bridgehead atoms. The molecule has 3 heteroatoms. The van der Waals surface area contributed by atoms with Crippen molar-refractivity contribution >= 4 is 6.08 Å². The van der Waals surface area contributed by atoms with E-state index in [1.165, 1.54) is 24.8 Å². The normalized spacial score (nSPS) is 26.0. The van der Waals surface area contributed by atoms with Gasteiger partial charge < -0.3 is 10.1 Å². The molecule has 2 fully saturated rings. The molecule has 0 radical (unpaired) electrons. The van der Waals surface area contributed by atoms with Gasteiger partial charge in [0.25, 0.3) is 0 Å². The van der Waals surface area contributed by atoms with Gasteiger partial charge in [-0.3, -0.25) is 4.98 Å². The fourth-order valence-corrected chi connectivity index (χ4v) is 3.66. The van der Waals surface area contributed by atoms with Gasteiger partial charge in [0, 0.05) is 18.3 Å². The van der Waals surface area contributed by atoms with Gasteiger partial charge in [-0.1, -0.05) is 42.5 Å². The lowest BCUT2D eigenvalue weighted by Crippen LogP contribution is -2.21. The van der Waals surface area contributed by atoms with Crippen molar-refractivity contribution in [3.05, 3.63) is 66.0 Å². The summed E-state index contributed by atoms with van der Waals surface area (Å²) in [6.45, 7) is 0.575. The molecular formula is C20H22N2O. The Morgan fingerprint density at radius 1 is 1.17 bits per heavy atom. The van der Waals surface area contributed by atoms with E-state index in [2.05, 4.69) is 40.7 Å². The lowest BCUT2D eigenvalue weighted by Gasteiger charge is -2.15. The Labute approximate surface area is 137 Å². The van der Waals surface area contributed by atoms with Gasteiger partial charge in [-0.05, 0) is 42.4 Å². The standard InChI is InChI=1S/C20H22N2O/c1-2-4-15(5-3-1)14-23-19-10-16(12-21-13-19)6-7-17-11-18-8-9-20(17)22-18/h1-7,10,12-13,17-18,20,22H,8-9,11,14H2/b7-6+. The van der Waals surface area contributed by atoms with Crippen molar-refractivity contribution in [2.45, 2.75) is 38.0 Å². The number of hydrogen-bond acceptors (Lipinski definition) is 3. The summed E-state index contributed by atoms with van der Waals surface area (Å²) in [7, 11) is 0. The van der Waals surface area contributed by atoms with E-state index in [1.807, 2.05) is 24.4 Å². The average Bonchev–Trinajstić information content (AvgIpc) is 3.23. The highest BCUT2D eigenvalue weighted by Gasteiger charge is 2.37. The SMILES string of the molecule is C(=C\C1CC2CCC1N2)/c1cncc(OCc2ccccc2)c1. The molecule has 3 heterocycles. The van der Waals surface area contributed by atoms with Crippen LogP contribution in [0.1, 0.15) is 30.4 Å². The predicted octanol–water partition coefficient (Wildman–Crippen LogP) is 3.81. The number of aromatic nitrogens is 1. The Balaban J connectivity index is 1.38. The smallest absolute Gasteiger partial charge is 0.138 e. The number of fused-ring (bicyclic) bond motifs is 2. The van der Waals surface area contributed by atoms with Crippen LogP contribution in [0.3, 0.4) is 0 Å². The van der Waals surface area contributed by atoms with E-state index in [0.717, 1.165) is 17.4 Å². The van der Waals surface area contributed by atoms with Crippen molar-refractivity contribution in [3.8, 4) is 5.75 Å². The van der Waals surface area contributed by atoms with Gasteiger partial charge in [0.05, 0.1) is 6.20 Å². The van der Waals surface area contributed by atoms with Gasteiger partial charge in [0.1, 0.15) is 12.4 Å². The molecule has 0 saturated carbocycles. The first-order valence-corrected chi connectivity index (χ1v) is 8.43. The van der Waals surface area contributed by atoms with Crippen molar-refractivity contribution in [1.82, 2.24) is 10.3 Å². The van der Waals surface area contributed by atoms with E-state index in [1.54, 1.807) is 6.20 Å². The van der Waals surface area contributed by atoms with E-state index in [0.29, 0.717) is 18.6 Å². The predicted molar refractivity (Wildman–Crippen MR) is 92.1 cm³/mol. The van der Waals surface area contributed by atoms with Crippen LogP contribution in [0.25, 0.3) is 6.08 Å². The summed E-state index contributed by atoms with van der Waals surface area (Å²) in [4.78, 5) is 4.30. The van der Waals surface area contributed by atoms with Gasteiger partial charge in [-0.15, -0.1) is 0 Å². The van der Waals surface area contributed by atoms with Gasteiger partial charge in [-0.2, -0.15) is 0 Å². The molecule has 2 aromatic rings. The van der Waals surface area contributed by atoms with Crippen LogP contribution in [0, 0.1) is 5.92 Å². The topological polar surface area (TPSA) is 34.2 Å². The maximum Gasteiger partial charge on any atom is 0.138 e. The van der Waals surface area contributed by atoms with Crippen molar-refractivity contribution in [2.75, 3.05) is 0 Å². The zero-order chi connectivity index (χ0) is 15.5. The fraction of sp³-hybridized carbons (Fsp3) is 0.350. The first kappa shape index (κ1) is 14.5. The molecule has 23 heavy (non-hydrogen) atoms. The molecule has 2 aliphatic heterocycles. The minimum absolute atomic E-state index is 0.575. The highest BCUT2D eigenvalue weighted by atomic mass is 16.5. The first-order valence-electron chi connectivity index (χ1n) is 8.43. The third-order valence-electron chi connectivity index (χ3n) is 4.87. The molecule has 4 rings (SSSR count). The Kier molecular flexibility index (Phi) is 4.12. The summed E-state index contributed by atoms with van der Waals surface area (Å²) in [6.07, 6.45) is 12.1. The van der Waals surface area contributed by atoms with E-state index >= 15 is 0 Å². The second-order valence-corrected chi connectivity index (χ2v) is 6.53. The van der Waals surface area contributed by atoms with Crippen molar-refractivity contribution < 1.29 is 4.74 Å². The maximum absolute atomic E-state index is 5.85. The largest absolute Gasteiger partial charge is 0.487 e. The first-order chi connectivity index (χ1) is 11.4. The quantitative estimate of drug-likeness (QED) is 0.912. The summed E-state index contributed by atoms with van der Waals surface area (Å²) in [5.74, 6) is 1.49. The average molecular weight is 306 g/mol. The molecule has 1 aromatic heterocycles. The molecule has 3 atom stereocenters. The van der Waals surface area contributed by atoms with Crippen LogP contribution in [0.2, 0.25) is 0 Å². The van der Waals surface area contributed by atoms with Crippen LogP contribution in [-0.4, -0.2) is 17.1 Å². The van der Waals surface area contributed by atoms with Crippen LogP contribution in [0.15, 0.2) is 54.9 Å². The van der Waals surface area contributed by atoms with Crippen LogP contribution >= 0.6 is 0 Å². The van der Waals surface area contributed by atoms with Crippen molar-refractivity contribution in [2.24, 2.45) is 5.92 Å². The van der Waals surface area contributed by atoms with Crippen LogP contribution < -0.4 is 10.1 Å². The molecule has 118 valence electrons. The highest BCUT2D eigenvalue weighted by Crippen LogP contribution is 2.34. The fourth-order valence-electron chi connectivity index (χ4n) is 3.66. The Morgan fingerprint density at radius 3 is 2.87 bits per heavy atom. The minimum Gasteiger partial charge on any atom is -0.487 e. The van der Waals surface area contributed by atoms with Crippen LogP contribution in [-0.2, 0) is 6.61 Å². The van der Waals surface area contributed by atoms with Gasteiger partial charge in [0.15, 0.2) is 0 Å².